The van der Waals surface area contributed by atoms with E-state index >= 15 is 0 Å². The van der Waals surface area contributed by atoms with Gasteiger partial charge in [-0.1, -0.05) is 12.1 Å². The second-order valence-electron chi connectivity index (χ2n) is 5.76. The first-order valence-electron chi connectivity index (χ1n) is 6.14. The Kier molecular flexibility index (Phi) is 2.00. The van der Waals surface area contributed by atoms with Gasteiger partial charge in [0.25, 0.3) is 0 Å². The van der Waals surface area contributed by atoms with Crippen LogP contribution in [0, 0.1) is 13.8 Å². The van der Waals surface area contributed by atoms with Gasteiger partial charge in [0.1, 0.15) is 5.82 Å². The van der Waals surface area contributed by atoms with Crippen molar-refractivity contribution < 1.29 is 0 Å². The van der Waals surface area contributed by atoms with Crippen LogP contribution in [0.3, 0.4) is 0 Å². The fraction of sp³-hybridized carbons (Fsp3) is 0.400. The number of rotatable bonds is 0. The van der Waals surface area contributed by atoms with Crippen LogP contribution in [0.15, 0.2) is 18.2 Å². The van der Waals surface area contributed by atoms with Gasteiger partial charge in [0.2, 0.25) is 0 Å². The molecule has 0 fully saturated rings. The number of hydrogen-bond donors (Lipinski definition) is 1. The van der Waals surface area contributed by atoms with Crippen LogP contribution in [-0.4, -0.2) is 10.5 Å². The lowest BCUT2D eigenvalue weighted by atomic mass is 9.99. The van der Waals surface area contributed by atoms with Gasteiger partial charge >= 0.3 is 0 Å². The third-order valence-corrected chi connectivity index (χ3v) is 3.68. The zero-order valence-corrected chi connectivity index (χ0v) is 10.9. The van der Waals surface area contributed by atoms with Gasteiger partial charge in [0.15, 0.2) is 0 Å². The third kappa shape index (κ3) is 1.59. The van der Waals surface area contributed by atoms with Crippen molar-refractivity contribution in [1.29, 1.82) is 0 Å². The Bertz CT molecular complexity index is 612. The van der Waals surface area contributed by atoms with Crippen LogP contribution in [0.5, 0.6) is 0 Å². The Balaban J connectivity index is 2.27. The van der Waals surface area contributed by atoms with Gasteiger partial charge in [-0.2, -0.15) is 0 Å². The monoisotopic (exact) mass is 226 g/mol. The molecular formula is C15H18N2. The molecule has 0 unspecified atom stereocenters. The van der Waals surface area contributed by atoms with Crippen molar-refractivity contribution in [2.75, 3.05) is 5.32 Å². The van der Waals surface area contributed by atoms with Crippen molar-refractivity contribution in [2.24, 2.45) is 0 Å². The molecule has 88 valence electrons. The van der Waals surface area contributed by atoms with E-state index in [9.17, 15) is 0 Å². The number of aryl methyl sites for hydroxylation is 2. The summed E-state index contributed by atoms with van der Waals surface area (Å²) in [5.41, 5.74) is 5.20. The average Bonchev–Trinajstić information content (AvgIpc) is 2.54. The number of nitrogens with one attached hydrogen (secondary N) is 1. The van der Waals surface area contributed by atoms with Crippen molar-refractivity contribution in [3.8, 4) is 0 Å². The molecule has 2 aromatic rings. The molecular weight excluding hydrogens is 208 g/mol. The van der Waals surface area contributed by atoms with Crippen LogP contribution in [0.4, 0.5) is 5.82 Å². The van der Waals surface area contributed by atoms with Crippen molar-refractivity contribution >= 4 is 16.7 Å². The molecule has 0 atom stereocenters. The molecule has 0 saturated heterocycles. The lowest BCUT2D eigenvalue weighted by Crippen LogP contribution is -2.27. The van der Waals surface area contributed by atoms with Gasteiger partial charge < -0.3 is 5.32 Å². The number of fused-ring (bicyclic) bond motifs is 2. The van der Waals surface area contributed by atoms with Crippen LogP contribution >= 0.6 is 0 Å². The summed E-state index contributed by atoms with van der Waals surface area (Å²) in [5, 5.41) is 4.76. The summed E-state index contributed by atoms with van der Waals surface area (Å²) in [7, 11) is 0. The number of nitrogens with zero attached hydrogens (tertiary/aromatic N) is 1. The maximum Gasteiger partial charge on any atom is 0.130 e. The summed E-state index contributed by atoms with van der Waals surface area (Å²) in [4.78, 5) is 4.80. The molecule has 17 heavy (non-hydrogen) atoms. The molecule has 0 aliphatic carbocycles. The van der Waals surface area contributed by atoms with Crippen molar-refractivity contribution in [1.82, 2.24) is 4.98 Å². The minimum Gasteiger partial charge on any atom is -0.365 e. The van der Waals surface area contributed by atoms with E-state index in [0.717, 1.165) is 17.8 Å². The van der Waals surface area contributed by atoms with Crippen molar-refractivity contribution in [3.05, 3.63) is 34.9 Å². The molecule has 1 aromatic carbocycles. The zero-order valence-electron chi connectivity index (χ0n) is 10.9. The minimum absolute atomic E-state index is 0.135. The Hall–Kier alpha value is -1.57. The molecule has 1 aliphatic rings. The quantitative estimate of drug-likeness (QED) is 0.742. The highest BCUT2D eigenvalue weighted by molar-refractivity contribution is 5.86. The lowest BCUT2D eigenvalue weighted by Gasteiger charge is -2.17. The van der Waals surface area contributed by atoms with E-state index in [4.69, 9.17) is 4.98 Å². The fourth-order valence-corrected chi connectivity index (χ4v) is 2.61. The number of anilines is 1. The van der Waals surface area contributed by atoms with Crippen LogP contribution in [-0.2, 0) is 6.42 Å². The fourth-order valence-electron chi connectivity index (χ4n) is 2.61. The highest BCUT2D eigenvalue weighted by Gasteiger charge is 2.28. The molecule has 0 radical (unpaired) electrons. The Morgan fingerprint density at radius 1 is 1.24 bits per heavy atom. The van der Waals surface area contributed by atoms with E-state index in [-0.39, 0.29) is 5.54 Å². The number of aromatic nitrogens is 1. The standard InChI is InChI=1S/C15H18N2/c1-9-5-6-11-7-12-8-15(3,4)17-14(12)16-13(11)10(9)2/h5-7H,8H2,1-4H3,(H,16,17). The summed E-state index contributed by atoms with van der Waals surface area (Å²) >= 11 is 0. The van der Waals surface area contributed by atoms with Gasteiger partial charge in [-0.25, -0.2) is 4.98 Å². The second-order valence-corrected chi connectivity index (χ2v) is 5.76. The molecule has 1 aromatic heterocycles. The first kappa shape index (κ1) is 10.6. The molecule has 1 N–H and O–H groups in total. The van der Waals surface area contributed by atoms with E-state index < -0.39 is 0 Å². The maximum atomic E-state index is 4.80. The summed E-state index contributed by atoms with van der Waals surface area (Å²) < 4.78 is 0. The molecule has 0 bridgehead atoms. The van der Waals surface area contributed by atoms with Crippen LogP contribution in [0.2, 0.25) is 0 Å². The summed E-state index contributed by atoms with van der Waals surface area (Å²) in [6, 6.07) is 6.64. The normalized spacial score (nSPS) is 16.9. The van der Waals surface area contributed by atoms with E-state index in [0.29, 0.717) is 0 Å². The molecule has 2 heterocycles. The molecule has 0 amide bonds. The highest BCUT2D eigenvalue weighted by atomic mass is 15.1. The van der Waals surface area contributed by atoms with Crippen molar-refractivity contribution in [2.45, 2.75) is 39.7 Å². The largest absolute Gasteiger partial charge is 0.365 e. The summed E-state index contributed by atoms with van der Waals surface area (Å²) in [5.74, 6) is 1.07. The SMILES string of the molecule is Cc1ccc2cc3c(nc2c1C)NC(C)(C)C3. The predicted octanol–water partition coefficient (Wildman–Crippen LogP) is 3.60. The van der Waals surface area contributed by atoms with Crippen LogP contribution in [0.1, 0.15) is 30.5 Å². The molecule has 1 aliphatic heterocycles. The van der Waals surface area contributed by atoms with Crippen LogP contribution in [0.25, 0.3) is 10.9 Å². The predicted molar refractivity (Wildman–Crippen MR) is 72.6 cm³/mol. The van der Waals surface area contributed by atoms with E-state index in [1.165, 1.54) is 22.1 Å². The first-order valence-corrected chi connectivity index (χ1v) is 6.14. The maximum absolute atomic E-state index is 4.80. The molecule has 0 spiro atoms. The van der Waals surface area contributed by atoms with Gasteiger partial charge in [0, 0.05) is 10.9 Å². The summed E-state index contributed by atoms with van der Waals surface area (Å²) in [6.07, 6.45) is 1.05. The van der Waals surface area contributed by atoms with E-state index in [2.05, 4.69) is 51.2 Å². The Labute approximate surface area is 102 Å². The Morgan fingerprint density at radius 2 is 2.00 bits per heavy atom. The molecule has 0 saturated carbocycles. The third-order valence-electron chi connectivity index (χ3n) is 3.68. The molecule has 2 nitrogen and oxygen atoms in total. The summed E-state index contributed by atoms with van der Waals surface area (Å²) in [6.45, 7) is 8.73. The van der Waals surface area contributed by atoms with Crippen LogP contribution < -0.4 is 5.32 Å². The topological polar surface area (TPSA) is 24.9 Å². The highest BCUT2D eigenvalue weighted by Crippen LogP contribution is 2.33. The van der Waals surface area contributed by atoms with Gasteiger partial charge in [-0.15, -0.1) is 0 Å². The molecule has 2 heteroatoms. The van der Waals surface area contributed by atoms with Crippen molar-refractivity contribution in [3.63, 3.8) is 0 Å². The number of benzene rings is 1. The second kappa shape index (κ2) is 3.22. The van der Waals surface area contributed by atoms with E-state index in [1.54, 1.807) is 0 Å². The van der Waals surface area contributed by atoms with E-state index in [1.807, 2.05) is 0 Å². The number of pyridine rings is 1. The number of hydrogen-bond acceptors (Lipinski definition) is 2. The first-order chi connectivity index (χ1) is 7.96. The van der Waals surface area contributed by atoms with Gasteiger partial charge in [-0.3, -0.25) is 0 Å². The molecule has 3 rings (SSSR count). The smallest absolute Gasteiger partial charge is 0.130 e. The van der Waals surface area contributed by atoms with Gasteiger partial charge in [0.05, 0.1) is 5.52 Å². The minimum atomic E-state index is 0.135. The zero-order chi connectivity index (χ0) is 12.2. The average molecular weight is 226 g/mol. The van der Waals surface area contributed by atoms with Gasteiger partial charge in [-0.05, 0) is 56.9 Å². The Morgan fingerprint density at radius 3 is 2.76 bits per heavy atom. The lowest BCUT2D eigenvalue weighted by molar-refractivity contribution is 0.593.